The van der Waals surface area contributed by atoms with Gasteiger partial charge < -0.3 is 15.1 Å². The van der Waals surface area contributed by atoms with Gasteiger partial charge in [-0.2, -0.15) is 13.2 Å². The molecule has 2 heterocycles. The lowest BCUT2D eigenvalue weighted by molar-refractivity contribution is -0.138. The van der Waals surface area contributed by atoms with Gasteiger partial charge in [0.1, 0.15) is 0 Å². The maximum atomic E-state index is 13.3. The van der Waals surface area contributed by atoms with Gasteiger partial charge in [0.25, 0.3) is 5.91 Å². The van der Waals surface area contributed by atoms with Gasteiger partial charge in [0, 0.05) is 43.9 Å². The summed E-state index contributed by atoms with van der Waals surface area (Å²) in [5, 5.41) is 2.93. The molecule has 0 unspecified atom stereocenters. The van der Waals surface area contributed by atoms with Gasteiger partial charge in [0.15, 0.2) is 0 Å². The first kappa shape index (κ1) is 28.4. The number of rotatable bonds is 6. The predicted molar refractivity (Wildman–Crippen MR) is 149 cm³/mol. The van der Waals surface area contributed by atoms with Gasteiger partial charge in [0.05, 0.1) is 11.5 Å². The Labute approximate surface area is 237 Å². The summed E-state index contributed by atoms with van der Waals surface area (Å²) in [5.74, 6) is -0.799. The highest BCUT2D eigenvalue weighted by Crippen LogP contribution is 2.34. The number of nitrogens with zero attached hydrogens (tertiary/aromatic N) is 2. The molecule has 6 nitrogen and oxygen atoms in total. The number of anilines is 1. The summed E-state index contributed by atoms with van der Waals surface area (Å²) in [6, 6.07) is 21.0. The molecule has 0 spiro atoms. The Kier molecular flexibility index (Phi) is 8.15. The lowest BCUT2D eigenvalue weighted by atomic mass is 9.89. The van der Waals surface area contributed by atoms with E-state index in [0.29, 0.717) is 44.7 Å². The zero-order valence-corrected chi connectivity index (χ0v) is 22.8. The van der Waals surface area contributed by atoms with E-state index in [-0.39, 0.29) is 41.2 Å². The molecule has 1 N–H and O–H groups in total. The molecule has 1 atom stereocenters. The van der Waals surface area contributed by atoms with Crippen LogP contribution in [-0.2, 0) is 22.3 Å². The molecule has 9 heteroatoms. The van der Waals surface area contributed by atoms with Crippen molar-refractivity contribution in [2.24, 2.45) is 5.92 Å². The first-order valence-electron chi connectivity index (χ1n) is 13.8. The van der Waals surface area contributed by atoms with Crippen molar-refractivity contribution < 1.29 is 27.6 Å². The number of piperidine rings is 1. The number of carbonyl (C=O) groups is 3. The molecule has 2 aliphatic heterocycles. The minimum absolute atomic E-state index is 0.0302. The van der Waals surface area contributed by atoms with E-state index in [4.69, 9.17) is 0 Å². The minimum Gasteiger partial charge on any atom is -0.339 e. The van der Waals surface area contributed by atoms with E-state index < -0.39 is 17.7 Å². The Morgan fingerprint density at radius 1 is 0.927 bits per heavy atom. The number of alkyl halides is 3. The number of hydrogen-bond acceptors (Lipinski definition) is 3. The number of likely N-dealkylation sites (tertiary alicyclic amines) is 2. The fourth-order valence-electron chi connectivity index (χ4n) is 5.75. The number of halogens is 3. The van der Waals surface area contributed by atoms with Crippen LogP contribution in [0.3, 0.4) is 0 Å². The fraction of sp³-hybridized carbons (Fsp3) is 0.344. The van der Waals surface area contributed by atoms with Crippen molar-refractivity contribution in [2.75, 3.05) is 25.0 Å². The molecule has 3 amide bonds. The maximum absolute atomic E-state index is 13.3. The molecule has 2 saturated heterocycles. The Hall–Kier alpha value is -4.14. The molecule has 0 saturated carbocycles. The van der Waals surface area contributed by atoms with Gasteiger partial charge >= 0.3 is 6.18 Å². The van der Waals surface area contributed by atoms with Crippen LogP contribution in [0.1, 0.15) is 57.8 Å². The van der Waals surface area contributed by atoms with Crippen molar-refractivity contribution in [3.63, 3.8) is 0 Å². The average Bonchev–Trinajstić information content (AvgIpc) is 3.33. The average molecular weight is 564 g/mol. The number of carbonyl (C=O) groups excluding carboxylic acids is 3. The third-order valence-electron chi connectivity index (χ3n) is 8.10. The van der Waals surface area contributed by atoms with Crippen LogP contribution in [0.4, 0.5) is 18.9 Å². The second-order valence-electron chi connectivity index (χ2n) is 10.8. The molecule has 2 fully saturated rings. The summed E-state index contributed by atoms with van der Waals surface area (Å²) in [6.45, 7) is 3.12. The minimum atomic E-state index is -4.50. The quantitative estimate of drug-likeness (QED) is 0.399. The van der Waals surface area contributed by atoms with Crippen LogP contribution in [-0.4, -0.2) is 47.2 Å². The van der Waals surface area contributed by atoms with E-state index in [1.54, 1.807) is 9.80 Å². The maximum Gasteiger partial charge on any atom is 0.416 e. The summed E-state index contributed by atoms with van der Waals surface area (Å²) in [4.78, 5) is 41.7. The smallest absolute Gasteiger partial charge is 0.339 e. The van der Waals surface area contributed by atoms with Crippen LogP contribution in [0.2, 0.25) is 0 Å². The monoisotopic (exact) mass is 563 g/mol. The van der Waals surface area contributed by atoms with Crippen LogP contribution in [0.5, 0.6) is 0 Å². The largest absolute Gasteiger partial charge is 0.416 e. The zero-order chi connectivity index (χ0) is 29.1. The molecule has 5 rings (SSSR count). The Bertz CT molecular complexity index is 1420. The third-order valence-corrected chi connectivity index (χ3v) is 8.10. The van der Waals surface area contributed by atoms with Crippen LogP contribution >= 0.6 is 0 Å². The lowest BCUT2D eigenvalue weighted by Crippen LogP contribution is -2.38. The molecule has 214 valence electrons. The number of benzene rings is 3. The van der Waals surface area contributed by atoms with Gasteiger partial charge in [-0.3, -0.25) is 14.4 Å². The van der Waals surface area contributed by atoms with Crippen LogP contribution in [0.25, 0.3) is 0 Å². The third kappa shape index (κ3) is 6.45. The summed E-state index contributed by atoms with van der Waals surface area (Å²) in [7, 11) is 0. The van der Waals surface area contributed by atoms with Crippen molar-refractivity contribution in [3.05, 3.63) is 101 Å². The molecular formula is C32H32F3N3O3. The Morgan fingerprint density at radius 2 is 1.61 bits per heavy atom. The normalized spacial score (nSPS) is 18.0. The molecule has 3 aromatic rings. The molecule has 0 bridgehead atoms. The highest BCUT2D eigenvalue weighted by molar-refractivity contribution is 5.97. The summed E-state index contributed by atoms with van der Waals surface area (Å²) >= 11 is 0. The van der Waals surface area contributed by atoms with E-state index in [0.717, 1.165) is 17.2 Å². The topological polar surface area (TPSA) is 69.7 Å². The number of amides is 3. The van der Waals surface area contributed by atoms with Crippen LogP contribution in [0, 0.1) is 12.8 Å². The van der Waals surface area contributed by atoms with Gasteiger partial charge in [-0.05, 0) is 66.6 Å². The molecule has 3 aromatic carbocycles. The highest BCUT2D eigenvalue weighted by Gasteiger charge is 2.35. The van der Waals surface area contributed by atoms with Gasteiger partial charge in [0.2, 0.25) is 11.8 Å². The van der Waals surface area contributed by atoms with Gasteiger partial charge in [-0.25, -0.2) is 0 Å². The first-order chi connectivity index (χ1) is 19.6. The first-order valence-corrected chi connectivity index (χ1v) is 13.8. The van der Waals surface area contributed by atoms with Crippen molar-refractivity contribution in [1.29, 1.82) is 0 Å². The van der Waals surface area contributed by atoms with Crippen molar-refractivity contribution >= 4 is 23.4 Å². The molecule has 0 radical (unpaired) electrons. The number of nitrogens with one attached hydrogen (secondary N) is 1. The summed E-state index contributed by atoms with van der Waals surface area (Å²) in [5.41, 5.74) is 2.02. The standard InChI is InChI=1S/C32H32F3N3O3/c1-21-27(8-5-9-28(21)32(33,34)35)31(41)37-16-14-24(15-17-37)23-10-12-26(13-11-23)36-30(40)25-18-29(39)38(20-25)19-22-6-3-2-4-7-22/h2-13,24-25H,14-20H2,1H3,(H,36,40)/t25-/m1/s1. The fourth-order valence-corrected chi connectivity index (χ4v) is 5.75. The molecule has 0 aromatic heterocycles. The van der Waals surface area contributed by atoms with E-state index in [9.17, 15) is 27.6 Å². The van der Waals surface area contributed by atoms with E-state index in [1.165, 1.54) is 19.1 Å². The second kappa shape index (κ2) is 11.8. The van der Waals surface area contributed by atoms with Gasteiger partial charge in [-0.1, -0.05) is 48.5 Å². The van der Waals surface area contributed by atoms with Crippen LogP contribution < -0.4 is 5.32 Å². The van der Waals surface area contributed by atoms with Crippen molar-refractivity contribution in [2.45, 2.75) is 44.8 Å². The molecular weight excluding hydrogens is 531 g/mol. The second-order valence-corrected chi connectivity index (χ2v) is 10.8. The highest BCUT2D eigenvalue weighted by atomic mass is 19.4. The molecule has 0 aliphatic carbocycles. The van der Waals surface area contributed by atoms with Gasteiger partial charge in [-0.15, -0.1) is 0 Å². The van der Waals surface area contributed by atoms with Crippen LogP contribution in [0.15, 0.2) is 72.8 Å². The SMILES string of the molecule is Cc1c(C(=O)N2CCC(c3ccc(NC(=O)[C@@H]4CC(=O)N(Cc5ccccc5)C4)cc3)CC2)cccc1C(F)(F)F. The predicted octanol–water partition coefficient (Wildman–Crippen LogP) is 6.02. The molecule has 2 aliphatic rings. The molecule has 41 heavy (non-hydrogen) atoms. The van der Waals surface area contributed by atoms with E-state index in [2.05, 4.69) is 5.32 Å². The van der Waals surface area contributed by atoms with E-state index in [1.807, 2.05) is 54.6 Å². The Morgan fingerprint density at radius 3 is 2.27 bits per heavy atom. The number of hydrogen-bond donors (Lipinski definition) is 1. The zero-order valence-electron chi connectivity index (χ0n) is 22.8. The van der Waals surface area contributed by atoms with Crippen molar-refractivity contribution in [1.82, 2.24) is 9.80 Å². The lowest BCUT2D eigenvalue weighted by Gasteiger charge is -2.33. The van der Waals surface area contributed by atoms with Crippen molar-refractivity contribution in [3.8, 4) is 0 Å². The summed E-state index contributed by atoms with van der Waals surface area (Å²) < 4.78 is 39.9. The van der Waals surface area contributed by atoms with E-state index >= 15 is 0 Å². The summed E-state index contributed by atoms with van der Waals surface area (Å²) in [6.07, 6.45) is -2.93. The Balaban J connectivity index is 1.13.